The molecule has 1 aliphatic heterocycles. The summed E-state index contributed by atoms with van der Waals surface area (Å²) in [6.07, 6.45) is 1.05. The zero-order valence-electron chi connectivity index (χ0n) is 17.0. The number of rotatable bonds is 11. The van der Waals surface area contributed by atoms with Gasteiger partial charge in [-0.1, -0.05) is 33.7 Å². The molecule has 2 aromatic carbocycles. The third kappa shape index (κ3) is 5.06. The fourth-order valence-electron chi connectivity index (χ4n) is 3.46. The Morgan fingerprint density at radius 3 is 2.48 bits per heavy atom. The zero-order valence-corrected chi connectivity index (χ0v) is 18.6. The van der Waals surface area contributed by atoms with Crippen molar-refractivity contribution in [3.05, 3.63) is 41.5 Å². The second-order valence-electron chi connectivity index (χ2n) is 7.32. The second-order valence-corrected chi connectivity index (χ2v) is 10.0. The molecule has 0 fully saturated rings. The van der Waals surface area contributed by atoms with E-state index in [4.69, 9.17) is 5.73 Å². The molecule has 3 rings (SSSR count). The molecule has 0 spiro atoms. The largest absolute Gasteiger partial charge is 0.384 e. The number of benzene rings is 2. The summed E-state index contributed by atoms with van der Waals surface area (Å²) >= 11 is 0. The van der Waals surface area contributed by atoms with Crippen molar-refractivity contribution in [3.8, 4) is 0 Å². The van der Waals surface area contributed by atoms with Gasteiger partial charge in [0.15, 0.2) is 0 Å². The van der Waals surface area contributed by atoms with Gasteiger partial charge in [0.1, 0.15) is 0 Å². The molecule has 0 aromatic heterocycles. The van der Waals surface area contributed by atoms with Crippen molar-refractivity contribution in [2.75, 3.05) is 57.1 Å². The van der Waals surface area contributed by atoms with E-state index < -0.39 is 0 Å². The number of carbonyl (C=O) groups excluding carboxylic acids is 2. The third-order valence-corrected chi connectivity index (χ3v) is 7.26. The standard InChI is InChI=1S/C21H28N4O2S2/c1-24(2)11-4-10-23-18-8-7-17-19-15(18)5-3-6-16(19)20(26)25(21(17)27)12-14-29-28-13-9-22/h3,5-8,23H,4,9-14,22H2,1-2H3/p+1. The van der Waals surface area contributed by atoms with Crippen LogP contribution in [0.15, 0.2) is 30.3 Å². The Morgan fingerprint density at radius 1 is 1.03 bits per heavy atom. The maximum Gasteiger partial charge on any atom is 0.261 e. The van der Waals surface area contributed by atoms with Gasteiger partial charge in [0.05, 0.1) is 20.6 Å². The van der Waals surface area contributed by atoms with E-state index in [1.807, 2.05) is 30.3 Å². The Hall–Kier alpha value is -1.74. The van der Waals surface area contributed by atoms with Crippen molar-refractivity contribution in [2.24, 2.45) is 5.73 Å². The van der Waals surface area contributed by atoms with E-state index >= 15 is 0 Å². The predicted octanol–water partition coefficient (Wildman–Crippen LogP) is 1.72. The Labute approximate surface area is 180 Å². The lowest BCUT2D eigenvalue weighted by Crippen LogP contribution is -3.05. The van der Waals surface area contributed by atoms with Gasteiger partial charge in [0.2, 0.25) is 0 Å². The molecule has 2 amide bonds. The molecule has 0 saturated carbocycles. The number of hydrogen-bond acceptors (Lipinski definition) is 6. The monoisotopic (exact) mass is 433 g/mol. The number of amides is 2. The number of nitrogens with two attached hydrogens (primary N) is 1. The van der Waals surface area contributed by atoms with E-state index in [-0.39, 0.29) is 11.8 Å². The maximum atomic E-state index is 13.0. The van der Waals surface area contributed by atoms with Crippen molar-refractivity contribution in [1.82, 2.24) is 4.90 Å². The van der Waals surface area contributed by atoms with Crippen LogP contribution in [0, 0.1) is 0 Å². The molecule has 1 aliphatic rings. The molecular weight excluding hydrogens is 404 g/mol. The minimum absolute atomic E-state index is 0.203. The number of quaternary nitrogens is 1. The first-order chi connectivity index (χ1) is 14.0. The molecule has 0 saturated heterocycles. The topological polar surface area (TPSA) is 79.9 Å². The highest BCUT2D eigenvalue weighted by molar-refractivity contribution is 8.76. The SMILES string of the molecule is C[NH+](C)CCCNc1ccc2c3c(cccc13)C(=O)N(CCSSCCN)C2=O. The predicted molar refractivity (Wildman–Crippen MR) is 124 cm³/mol. The van der Waals surface area contributed by atoms with Gasteiger partial charge in [0.25, 0.3) is 11.8 Å². The lowest BCUT2D eigenvalue weighted by Gasteiger charge is -2.27. The number of carbonyl (C=O) groups is 2. The molecule has 0 aliphatic carbocycles. The lowest BCUT2D eigenvalue weighted by atomic mass is 9.93. The van der Waals surface area contributed by atoms with Gasteiger partial charge in [-0.3, -0.25) is 14.5 Å². The molecule has 8 heteroatoms. The minimum atomic E-state index is -0.203. The van der Waals surface area contributed by atoms with Gasteiger partial charge >= 0.3 is 0 Å². The molecule has 156 valence electrons. The van der Waals surface area contributed by atoms with Crippen molar-refractivity contribution < 1.29 is 14.5 Å². The molecular formula is C21H29N4O2S2+. The van der Waals surface area contributed by atoms with Gasteiger partial charge in [-0.2, -0.15) is 0 Å². The quantitative estimate of drug-likeness (QED) is 0.285. The summed E-state index contributed by atoms with van der Waals surface area (Å²) in [6.45, 7) is 2.97. The zero-order chi connectivity index (χ0) is 20.8. The van der Waals surface area contributed by atoms with Crippen molar-refractivity contribution in [2.45, 2.75) is 6.42 Å². The van der Waals surface area contributed by atoms with Gasteiger partial charge in [-0.25, -0.2) is 0 Å². The number of anilines is 1. The summed E-state index contributed by atoms with van der Waals surface area (Å²) in [7, 11) is 7.59. The van der Waals surface area contributed by atoms with E-state index in [1.165, 1.54) is 9.80 Å². The first-order valence-corrected chi connectivity index (χ1v) is 12.4. The highest BCUT2D eigenvalue weighted by Gasteiger charge is 2.32. The van der Waals surface area contributed by atoms with Gasteiger partial charge in [0, 0.05) is 65.1 Å². The van der Waals surface area contributed by atoms with Crippen LogP contribution in [-0.2, 0) is 0 Å². The number of imide groups is 1. The van der Waals surface area contributed by atoms with Crippen LogP contribution in [0.5, 0.6) is 0 Å². The molecule has 2 aromatic rings. The molecule has 29 heavy (non-hydrogen) atoms. The molecule has 6 nitrogen and oxygen atoms in total. The normalized spacial score (nSPS) is 13.6. The lowest BCUT2D eigenvalue weighted by molar-refractivity contribution is -0.858. The fraction of sp³-hybridized carbons (Fsp3) is 0.429. The van der Waals surface area contributed by atoms with Crippen LogP contribution in [0.4, 0.5) is 5.69 Å². The fourth-order valence-corrected chi connectivity index (χ4v) is 5.27. The van der Waals surface area contributed by atoms with Crippen LogP contribution < -0.4 is 16.0 Å². The van der Waals surface area contributed by atoms with Crippen LogP contribution in [-0.4, -0.2) is 68.5 Å². The summed E-state index contributed by atoms with van der Waals surface area (Å²) in [4.78, 5) is 28.8. The van der Waals surface area contributed by atoms with E-state index in [1.54, 1.807) is 21.6 Å². The summed E-state index contributed by atoms with van der Waals surface area (Å²) in [5, 5.41) is 5.18. The smallest absolute Gasteiger partial charge is 0.261 e. The van der Waals surface area contributed by atoms with Crippen LogP contribution >= 0.6 is 21.6 Å². The van der Waals surface area contributed by atoms with Crippen LogP contribution in [0.25, 0.3) is 10.8 Å². The van der Waals surface area contributed by atoms with E-state index in [0.717, 1.165) is 41.7 Å². The van der Waals surface area contributed by atoms with Crippen LogP contribution in [0.3, 0.4) is 0 Å². The molecule has 1 heterocycles. The summed E-state index contributed by atoms with van der Waals surface area (Å²) in [5.74, 6) is 1.15. The maximum absolute atomic E-state index is 13.0. The summed E-state index contributed by atoms with van der Waals surface area (Å²) < 4.78 is 0. The number of nitrogens with zero attached hydrogens (tertiary/aromatic N) is 1. The number of nitrogens with one attached hydrogen (secondary N) is 2. The third-order valence-electron chi connectivity index (χ3n) is 4.84. The van der Waals surface area contributed by atoms with E-state index in [2.05, 4.69) is 19.4 Å². The van der Waals surface area contributed by atoms with Crippen LogP contribution in [0.1, 0.15) is 27.1 Å². The second kappa shape index (κ2) is 10.3. The Bertz CT molecular complexity index is 866. The molecule has 4 N–H and O–H groups in total. The Balaban J connectivity index is 1.80. The molecule has 0 atom stereocenters. The average Bonchev–Trinajstić information content (AvgIpc) is 2.71. The molecule has 0 radical (unpaired) electrons. The highest BCUT2D eigenvalue weighted by atomic mass is 33.1. The Morgan fingerprint density at radius 2 is 1.76 bits per heavy atom. The first kappa shape index (κ1) is 22.0. The number of hydrogen-bond donors (Lipinski definition) is 3. The summed E-state index contributed by atoms with van der Waals surface area (Å²) in [5.41, 5.74) is 7.69. The van der Waals surface area contributed by atoms with Crippen molar-refractivity contribution in [3.63, 3.8) is 0 Å². The minimum Gasteiger partial charge on any atom is -0.384 e. The van der Waals surface area contributed by atoms with Gasteiger partial charge in [-0.15, -0.1) is 0 Å². The van der Waals surface area contributed by atoms with E-state index in [0.29, 0.717) is 30.0 Å². The van der Waals surface area contributed by atoms with Crippen molar-refractivity contribution >= 4 is 49.9 Å². The highest BCUT2D eigenvalue weighted by Crippen LogP contribution is 2.34. The average molecular weight is 434 g/mol. The summed E-state index contributed by atoms with van der Waals surface area (Å²) in [6, 6.07) is 9.51. The molecule has 0 unspecified atom stereocenters. The Kier molecular flexibility index (Phi) is 7.83. The van der Waals surface area contributed by atoms with Gasteiger partial charge < -0.3 is 16.0 Å². The van der Waals surface area contributed by atoms with Crippen LogP contribution in [0.2, 0.25) is 0 Å². The van der Waals surface area contributed by atoms with Crippen molar-refractivity contribution in [1.29, 1.82) is 0 Å². The first-order valence-electron chi connectivity index (χ1n) is 9.94. The van der Waals surface area contributed by atoms with E-state index in [9.17, 15) is 9.59 Å². The molecule has 0 bridgehead atoms. The van der Waals surface area contributed by atoms with Gasteiger partial charge in [-0.05, 0) is 18.2 Å².